The van der Waals surface area contributed by atoms with E-state index < -0.39 is 124 Å². The molecule has 19 heteroatoms. The molecule has 12 N–H and O–H groups in total. The molecule has 0 bridgehead atoms. The standard InChI is InChI=1S/C44H83NO18/c1-3-5-7-8-9-10-11-12-13-14-15-16-17-18-20-22-32(50)45-27(28(49)21-19-6-4-2)26-58-42-38(56)35(53)40(30(24-47)60-42)63-44-39(57)36(54)41(31(25-48)61-44)62-43-37(55)34(52)33(51)29(23-46)59-43/h27-31,33-44,46-49,51-57H,3-26H2,1-2H3,(H,45,50). The maximum atomic E-state index is 13.0. The van der Waals surface area contributed by atoms with Crippen molar-refractivity contribution in [3.05, 3.63) is 0 Å². The smallest absolute Gasteiger partial charge is 0.220 e. The summed E-state index contributed by atoms with van der Waals surface area (Å²) in [5.74, 6) is -0.255. The van der Waals surface area contributed by atoms with Crippen LogP contribution in [0.2, 0.25) is 0 Å². The molecule has 63 heavy (non-hydrogen) atoms. The van der Waals surface area contributed by atoms with E-state index in [1.807, 2.05) is 6.92 Å². The molecule has 3 saturated heterocycles. The number of rotatable bonds is 32. The van der Waals surface area contributed by atoms with Crippen LogP contribution in [0.1, 0.15) is 142 Å². The zero-order valence-corrected chi connectivity index (χ0v) is 37.6. The van der Waals surface area contributed by atoms with Crippen LogP contribution in [0.25, 0.3) is 0 Å². The monoisotopic (exact) mass is 914 g/mol. The topological polar surface area (TPSA) is 307 Å². The second kappa shape index (κ2) is 31.0. The van der Waals surface area contributed by atoms with Gasteiger partial charge in [-0.05, 0) is 12.8 Å². The van der Waals surface area contributed by atoms with E-state index in [0.717, 1.165) is 32.1 Å². The zero-order chi connectivity index (χ0) is 46.3. The van der Waals surface area contributed by atoms with Gasteiger partial charge in [-0.15, -0.1) is 0 Å². The maximum absolute atomic E-state index is 13.0. The van der Waals surface area contributed by atoms with Crippen molar-refractivity contribution in [3.63, 3.8) is 0 Å². The van der Waals surface area contributed by atoms with E-state index in [4.69, 9.17) is 28.4 Å². The molecule has 3 heterocycles. The van der Waals surface area contributed by atoms with Crippen LogP contribution in [0.15, 0.2) is 0 Å². The summed E-state index contributed by atoms with van der Waals surface area (Å²) in [4.78, 5) is 13.0. The Morgan fingerprint density at radius 3 is 1.38 bits per heavy atom. The van der Waals surface area contributed by atoms with Gasteiger partial charge in [0, 0.05) is 6.42 Å². The summed E-state index contributed by atoms with van der Waals surface area (Å²) in [5, 5.41) is 119. The average Bonchev–Trinajstić information content (AvgIpc) is 3.28. The van der Waals surface area contributed by atoms with Crippen molar-refractivity contribution >= 4 is 5.91 Å². The Hall–Kier alpha value is -1.21. The minimum atomic E-state index is -1.96. The molecular formula is C44H83NO18. The third-order valence-corrected chi connectivity index (χ3v) is 12.4. The van der Waals surface area contributed by atoms with E-state index in [-0.39, 0.29) is 18.9 Å². The first-order valence-corrected chi connectivity index (χ1v) is 23.8. The summed E-state index contributed by atoms with van der Waals surface area (Å²) in [6.45, 7) is 1.57. The van der Waals surface area contributed by atoms with Crippen molar-refractivity contribution < 1.29 is 89.4 Å². The molecule has 372 valence electrons. The number of unbranched alkanes of at least 4 members (excludes halogenated alkanes) is 16. The highest BCUT2D eigenvalue weighted by atomic mass is 16.8. The molecule has 1 amide bonds. The lowest BCUT2D eigenvalue weighted by atomic mass is 9.96. The van der Waals surface area contributed by atoms with Crippen LogP contribution in [0.5, 0.6) is 0 Å². The van der Waals surface area contributed by atoms with Gasteiger partial charge in [-0.25, -0.2) is 0 Å². The first-order chi connectivity index (χ1) is 30.3. The zero-order valence-electron chi connectivity index (χ0n) is 37.6. The van der Waals surface area contributed by atoms with Gasteiger partial charge >= 0.3 is 0 Å². The van der Waals surface area contributed by atoms with Crippen molar-refractivity contribution in [1.82, 2.24) is 5.32 Å². The van der Waals surface area contributed by atoms with Crippen LogP contribution >= 0.6 is 0 Å². The molecule has 3 aliphatic rings. The quantitative estimate of drug-likeness (QED) is 0.0400. The SMILES string of the molecule is CCCCCCCCCCCCCCCCCC(=O)NC(COC1OC(CO)C(OC2OC(CO)C(OC3OC(CO)C(O)C(O)C3O)C(O)C2O)C(O)C1O)C(O)CCCCC. The van der Waals surface area contributed by atoms with Crippen LogP contribution < -0.4 is 5.32 Å². The number of aliphatic hydroxyl groups excluding tert-OH is 11. The maximum Gasteiger partial charge on any atom is 0.220 e. The Labute approximate surface area is 373 Å². The predicted molar refractivity (Wildman–Crippen MR) is 227 cm³/mol. The minimum absolute atomic E-state index is 0.255. The fraction of sp³-hybridized carbons (Fsp3) is 0.977. The number of aliphatic hydroxyl groups is 11. The van der Waals surface area contributed by atoms with Crippen LogP contribution in [-0.4, -0.2) is 193 Å². The van der Waals surface area contributed by atoms with Gasteiger partial charge in [-0.1, -0.05) is 123 Å². The third kappa shape index (κ3) is 18.1. The number of ether oxygens (including phenoxy) is 6. The minimum Gasteiger partial charge on any atom is -0.394 e. The normalized spacial score (nSPS) is 34.8. The largest absolute Gasteiger partial charge is 0.394 e. The van der Waals surface area contributed by atoms with Crippen LogP contribution in [-0.2, 0) is 33.2 Å². The molecule has 3 aliphatic heterocycles. The van der Waals surface area contributed by atoms with Gasteiger partial charge in [0.1, 0.15) is 73.2 Å². The number of hydrogen-bond acceptors (Lipinski definition) is 18. The highest BCUT2D eigenvalue weighted by molar-refractivity contribution is 5.76. The lowest BCUT2D eigenvalue weighted by Crippen LogP contribution is -2.66. The van der Waals surface area contributed by atoms with Crippen molar-refractivity contribution in [2.24, 2.45) is 0 Å². The molecule has 0 aliphatic carbocycles. The van der Waals surface area contributed by atoms with E-state index in [9.17, 15) is 61.0 Å². The fourth-order valence-electron chi connectivity index (χ4n) is 8.37. The summed E-state index contributed by atoms with van der Waals surface area (Å²) < 4.78 is 33.9. The first kappa shape index (κ1) is 56.1. The van der Waals surface area contributed by atoms with Crippen molar-refractivity contribution in [2.45, 2.75) is 247 Å². The summed E-state index contributed by atoms with van der Waals surface area (Å²) in [7, 11) is 0. The molecule has 0 radical (unpaired) electrons. The molecule has 0 aromatic rings. The van der Waals surface area contributed by atoms with E-state index in [1.165, 1.54) is 70.6 Å². The second-order valence-corrected chi connectivity index (χ2v) is 17.6. The van der Waals surface area contributed by atoms with Crippen molar-refractivity contribution in [2.75, 3.05) is 26.4 Å². The van der Waals surface area contributed by atoms with E-state index in [0.29, 0.717) is 19.3 Å². The molecular weight excluding hydrogens is 830 g/mol. The Kier molecular flexibility index (Phi) is 27.6. The van der Waals surface area contributed by atoms with E-state index in [2.05, 4.69) is 12.2 Å². The third-order valence-electron chi connectivity index (χ3n) is 12.4. The Bertz CT molecular complexity index is 1190. The summed E-state index contributed by atoms with van der Waals surface area (Å²) in [6.07, 6.45) is -5.19. The highest BCUT2D eigenvalue weighted by Crippen LogP contribution is 2.33. The molecule has 17 unspecified atom stereocenters. The Balaban J connectivity index is 1.49. The lowest BCUT2D eigenvalue weighted by molar-refractivity contribution is -0.379. The average molecular weight is 914 g/mol. The summed E-state index contributed by atoms with van der Waals surface area (Å²) >= 11 is 0. The van der Waals surface area contributed by atoms with Crippen molar-refractivity contribution in [1.29, 1.82) is 0 Å². The lowest BCUT2D eigenvalue weighted by Gasteiger charge is -2.48. The number of hydrogen-bond donors (Lipinski definition) is 12. The van der Waals surface area contributed by atoms with Gasteiger partial charge in [0.05, 0.1) is 38.6 Å². The number of nitrogens with one attached hydrogen (secondary N) is 1. The number of carbonyl (C=O) groups excluding carboxylic acids is 1. The molecule has 19 nitrogen and oxygen atoms in total. The second-order valence-electron chi connectivity index (χ2n) is 17.6. The Morgan fingerprint density at radius 1 is 0.508 bits per heavy atom. The van der Waals surface area contributed by atoms with Gasteiger partial charge in [0.25, 0.3) is 0 Å². The molecule has 17 atom stereocenters. The molecule has 3 rings (SSSR count). The van der Waals surface area contributed by atoms with E-state index in [1.54, 1.807) is 0 Å². The molecule has 0 spiro atoms. The van der Waals surface area contributed by atoms with Crippen LogP contribution in [0.3, 0.4) is 0 Å². The highest BCUT2D eigenvalue weighted by Gasteiger charge is 2.53. The molecule has 0 saturated carbocycles. The van der Waals surface area contributed by atoms with Gasteiger partial charge in [0.2, 0.25) is 5.91 Å². The van der Waals surface area contributed by atoms with E-state index >= 15 is 0 Å². The summed E-state index contributed by atoms with van der Waals surface area (Å²) in [6, 6.07) is -0.874. The predicted octanol–water partition coefficient (Wildman–Crippen LogP) is 0.139. The van der Waals surface area contributed by atoms with Crippen LogP contribution in [0, 0.1) is 0 Å². The molecule has 0 aromatic carbocycles. The summed E-state index contributed by atoms with van der Waals surface area (Å²) in [5.41, 5.74) is 0. The van der Waals surface area contributed by atoms with Crippen molar-refractivity contribution in [3.8, 4) is 0 Å². The molecule has 3 fully saturated rings. The van der Waals surface area contributed by atoms with Crippen LogP contribution in [0.4, 0.5) is 0 Å². The molecule has 0 aromatic heterocycles. The van der Waals surface area contributed by atoms with Gasteiger partial charge in [-0.3, -0.25) is 4.79 Å². The number of amides is 1. The Morgan fingerprint density at radius 2 is 0.905 bits per heavy atom. The first-order valence-electron chi connectivity index (χ1n) is 23.8. The van der Waals surface area contributed by atoms with Gasteiger partial charge in [0.15, 0.2) is 18.9 Å². The van der Waals surface area contributed by atoms with Gasteiger partial charge < -0.3 is 89.9 Å². The number of carbonyl (C=O) groups is 1. The fourth-order valence-corrected chi connectivity index (χ4v) is 8.37. The van der Waals surface area contributed by atoms with Gasteiger partial charge in [-0.2, -0.15) is 0 Å².